The Kier molecular flexibility index (Phi) is 3.27. The number of hydrogen-bond donors (Lipinski definition) is 1. The molecule has 0 unspecified atom stereocenters. The maximum atomic E-state index is 10.7. The molecule has 5 heteroatoms. The lowest BCUT2D eigenvalue weighted by Crippen LogP contribution is -2.20. The molecule has 0 bridgehead atoms. The summed E-state index contributed by atoms with van der Waals surface area (Å²) in [6, 6.07) is 7.59. The van der Waals surface area contributed by atoms with E-state index in [1.54, 1.807) is 7.11 Å². The van der Waals surface area contributed by atoms with Crippen LogP contribution in [0.15, 0.2) is 29.4 Å². The van der Waals surface area contributed by atoms with Crippen LogP contribution < -0.4 is 4.74 Å². The van der Waals surface area contributed by atoms with Crippen LogP contribution in [0.5, 0.6) is 5.75 Å². The van der Waals surface area contributed by atoms with Gasteiger partial charge in [-0.15, -0.1) is 0 Å². The second-order valence-corrected chi connectivity index (χ2v) is 3.82. The van der Waals surface area contributed by atoms with E-state index >= 15 is 0 Å². The molecule has 1 aliphatic heterocycles. The second kappa shape index (κ2) is 4.86. The van der Waals surface area contributed by atoms with Crippen molar-refractivity contribution in [2.75, 3.05) is 7.11 Å². The maximum Gasteiger partial charge on any atom is 0.348 e. The number of rotatable bonds is 4. The van der Waals surface area contributed by atoms with Crippen LogP contribution >= 0.6 is 0 Å². The number of oxime groups is 1. The predicted molar refractivity (Wildman–Crippen MR) is 61.3 cm³/mol. The summed E-state index contributed by atoms with van der Waals surface area (Å²) in [5.41, 5.74) is 1.77. The van der Waals surface area contributed by atoms with Crippen LogP contribution in [-0.2, 0) is 16.1 Å². The zero-order chi connectivity index (χ0) is 12.3. The van der Waals surface area contributed by atoms with Gasteiger partial charge in [0.25, 0.3) is 0 Å². The fourth-order valence-electron chi connectivity index (χ4n) is 1.68. The lowest BCUT2D eigenvalue weighted by atomic mass is 10.0. The Hall–Kier alpha value is -2.04. The summed E-state index contributed by atoms with van der Waals surface area (Å²) in [6.45, 7) is 0. The van der Waals surface area contributed by atoms with E-state index in [0.29, 0.717) is 12.8 Å². The molecule has 0 radical (unpaired) electrons. The summed E-state index contributed by atoms with van der Waals surface area (Å²) in [6.07, 6.45) is 0.0867. The van der Waals surface area contributed by atoms with Gasteiger partial charge in [0.1, 0.15) is 5.75 Å². The van der Waals surface area contributed by atoms with Crippen LogP contribution in [-0.4, -0.2) is 30.0 Å². The molecule has 1 aromatic rings. The number of methoxy groups -OCH3 is 1. The van der Waals surface area contributed by atoms with Crippen molar-refractivity contribution in [2.24, 2.45) is 5.16 Å². The van der Waals surface area contributed by atoms with Crippen molar-refractivity contribution in [3.63, 3.8) is 0 Å². The van der Waals surface area contributed by atoms with Gasteiger partial charge in [0.05, 0.1) is 12.8 Å². The first-order valence-electron chi connectivity index (χ1n) is 5.26. The molecule has 1 heterocycles. The van der Waals surface area contributed by atoms with E-state index in [4.69, 9.17) is 14.7 Å². The summed E-state index contributed by atoms with van der Waals surface area (Å²) in [4.78, 5) is 15.5. The highest BCUT2D eigenvalue weighted by atomic mass is 16.7. The molecule has 0 saturated carbocycles. The first-order chi connectivity index (χ1) is 8.19. The van der Waals surface area contributed by atoms with Crippen LogP contribution in [0.25, 0.3) is 0 Å². The Morgan fingerprint density at radius 3 is 3.12 bits per heavy atom. The highest BCUT2D eigenvalue weighted by Gasteiger charge is 2.27. The minimum absolute atomic E-state index is 0.340. The van der Waals surface area contributed by atoms with Crippen LogP contribution in [0, 0.1) is 0 Å². The van der Waals surface area contributed by atoms with Gasteiger partial charge in [-0.25, -0.2) is 4.79 Å². The van der Waals surface area contributed by atoms with Gasteiger partial charge in [-0.2, -0.15) is 0 Å². The van der Waals surface area contributed by atoms with Crippen LogP contribution in [0.1, 0.15) is 12.0 Å². The third-order valence-electron chi connectivity index (χ3n) is 2.55. The average molecular weight is 235 g/mol. The standard InChI is InChI=1S/C12H13NO4/c1-16-10-4-2-3-8(6-10)5-9-7-11(12(14)15)17-13-9/h2-4,6,11H,5,7H2,1H3,(H,14,15)/t11-/m0/s1. The molecule has 90 valence electrons. The van der Waals surface area contributed by atoms with Gasteiger partial charge in [0.15, 0.2) is 0 Å². The number of hydrogen-bond acceptors (Lipinski definition) is 4. The molecular weight excluding hydrogens is 222 g/mol. The Balaban J connectivity index is 2.00. The van der Waals surface area contributed by atoms with E-state index in [1.807, 2.05) is 24.3 Å². The third kappa shape index (κ3) is 2.75. The molecule has 1 aliphatic rings. The normalized spacial score (nSPS) is 18.4. The van der Waals surface area contributed by atoms with Crippen LogP contribution in [0.4, 0.5) is 0 Å². The molecule has 17 heavy (non-hydrogen) atoms. The number of carboxylic acid groups (broad SMARTS) is 1. The first kappa shape index (κ1) is 11.4. The van der Waals surface area contributed by atoms with E-state index in [9.17, 15) is 4.79 Å². The summed E-state index contributed by atoms with van der Waals surface area (Å²) in [5, 5.41) is 12.5. The quantitative estimate of drug-likeness (QED) is 0.858. The van der Waals surface area contributed by atoms with Crippen LogP contribution in [0.2, 0.25) is 0 Å². The van der Waals surface area contributed by atoms with Crippen LogP contribution in [0.3, 0.4) is 0 Å². The predicted octanol–water partition coefficient (Wildman–Crippen LogP) is 1.47. The topological polar surface area (TPSA) is 68.1 Å². The SMILES string of the molecule is COc1cccc(CC2=NO[C@H](C(=O)O)C2)c1. The van der Waals surface area contributed by atoms with Gasteiger partial charge < -0.3 is 14.7 Å². The van der Waals surface area contributed by atoms with Gasteiger partial charge in [0.2, 0.25) is 6.10 Å². The Labute approximate surface area is 98.6 Å². The molecule has 0 fully saturated rings. The third-order valence-corrected chi connectivity index (χ3v) is 2.55. The molecule has 0 spiro atoms. The smallest absolute Gasteiger partial charge is 0.348 e. The summed E-state index contributed by atoms with van der Waals surface area (Å²) < 4.78 is 5.11. The summed E-state index contributed by atoms with van der Waals surface area (Å²) >= 11 is 0. The number of carbonyl (C=O) groups is 1. The Morgan fingerprint density at radius 1 is 1.65 bits per heavy atom. The molecule has 2 rings (SSSR count). The number of aliphatic carboxylic acids is 1. The average Bonchev–Trinajstić information content (AvgIpc) is 2.78. The van der Waals surface area contributed by atoms with Crippen molar-refractivity contribution >= 4 is 11.7 Å². The van der Waals surface area contributed by atoms with Crippen molar-refractivity contribution in [2.45, 2.75) is 18.9 Å². The lowest BCUT2D eigenvalue weighted by molar-refractivity contribution is -0.148. The van der Waals surface area contributed by atoms with Crippen molar-refractivity contribution in [3.05, 3.63) is 29.8 Å². The van der Waals surface area contributed by atoms with Gasteiger partial charge >= 0.3 is 5.97 Å². The highest BCUT2D eigenvalue weighted by Crippen LogP contribution is 2.17. The molecule has 1 N–H and O–H groups in total. The maximum absolute atomic E-state index is 10.7. The zero-order valence-electron chi connectivity index (χ0n) is 9.42. The minimum atomic E-state index is -0.977. The number of ether oxygens (including phenoxy) is 1. The van der Waals surface area contributed by atoms with Gasteiger partial charge in [-0.05, 0) is 17.7 Å². The van der Waals surface area contributed by atoms with Crippen molar-refractivity contribution < 1.29 is 19.5 Å². The number of benzene rings is 1. The number of carboxylic acids is 1. The first-order valence-corrected chi connectivity index (χ1v) is 5.26. The monoisotopic (exact) mass is 235 g/mol. The van der Waals surface area contributed by atoms with E-state index in [2.05, 4.69) is 5.16 Å². The molecule has 5 nitrogen and oxygen atoms in total. The van der Waals surface area contributed by atoms with E-state index in [1.165, 1.54) is 0 Å². The summed E-state index contributed by atoms with van der Waals surface area (Å²) in [5.74, 6) is -0.203. The molecular formula is C12H13NO4. The largest absolute Gasteiger partial charge is 0.497 e. The zero-order valence-corrected chi connectivity index (χ0v) is 9.42. The number of nitrogens with zero attached hydrogens (tertiary/aromatic N) is 1. The van der Waals surface area contributed by atoms with Gasteiger partial charge in [-0.3, -0.25) is 0 Å². The highest BCUT2D eigenvalue weighted by molar-refractivity contribution is 5.92. The van der Waals surface area contributed by atoms with Crippen molar-refractivity contribution in [1.29, 1.82) is 0 Å². The van der Waals surface area contributed by atoms with Crippen molar-refractivity contribution in [3.8, 4) is 5.75 Å². The van der Waals surface area contributed by atoms with Gasteiger partial charge in [0, 0.05) is 12.8 Å². The van der Waals surface area contributed by atoms with Crippen molar-refractivity contribution in [1.82, 2.24) is 0 Å². The van der Waals surface area contributed by atoms with Gasteiger partial charge in [-0.1, -0.05) is 17.3 Å². The molecule has 1 atom stereocenters. The lowest BCUT2D eigenvalue weighted by Gasteiger charge is -2.03. The fraction of sp³-hybridized carbons (Fsp3) is 0.333. The Morgan fingerprint density at radius 2 is 2.47 bits per heavy atom. The molecule has 1 aromatic carbocycles. The summed E-state index contributed by atoms with van der Waals surface area (Å²) in [7, 11) is 1.61. The molecule has 0 aromatic heterocycles. The fourth-order valence-corrected chi connectivity index (χ4v) is 1.68. The molecule has 0 saturated heterocycles. The molecule has 0 amide bonds. The molecule has 0 aliphatic carbocycles. The van der Waals surface area contributed by atoms with E-state index in [-0.39, 0.29) is 0 Å². The Bertz CT molecular complexity index is 456. The van der Waals surface area contributed by atoms with E-state index in [0.717, 1.165) is 17.0 Å². The van der Waals surface area contributed by atoms with E-state index < -0.39 is 12.1 Å². The second-order valence-electron chi connectivity index (χ2n) is 3.82. The minimum Gasteiger partial charge on any atom is -0.497 e.